The van der Waals surface area contributed by atoms with Gasteiger partial charge in [-0.1, -0.05) is 0 Å². The van der Waals surface area contributed by atoms with Crippen LogP contribution in [0, 0.1) is 0 Å². The summed E-state index contributed by atoms with van der Waals surface area (Å²) in [5, 5.41) is 3.24. The van der Waals surface area contributed by atoms with Crippen LogP contribution >= 0.6 is 0 Å². The smallest absolute Gasteiger partial charge is 0.138 e. The quantitative estimate of drug-likeness (QED) is 0.500. The molecule has 10 heavy (non-hydrogen) atoms. The monoisotopic (exact) mass is 142 g/mol. The molecule has 0 bridgehead atoms. The second-order valence-electron chi connectivity index (χ2n) is 2.85. The minimum absolute atomic E-state index is 0.0637. The van der Waals surface area contributed by atoms with Gasteiger partial charge in [0.15, 0.2) is 0 Å². The van der Waals surface area contributed by atoms with Gasteiger partial charge in [0.1, 0.15) is 6.29 Å². The minimum Gasteiger partial charge on any atom is -0.311 e. The summed E-state index contributed by atoms with van der Waals surface area (Å²) in [5.74, 6) is 0. The standard InChI is InChI=1S/C7H14N2O/c1-6-7(5-10)9(2)4-3-8-6/h5-8H,3-4H2,1-2H3. The van der Waals surface area contributed by atoms with E-state index in [9.17, 15) is 4.79 Å². The van der Waals surface area contributed by atoms with E-state index in [1.54, 1.807) is 0 Å². The van der Waals surface area contributed by atoms with Crippen molar-refractivity contribution >= 4 is 6.29 Å². The Hall–Kier alpha value is -0.410. The van der Waals surface area contributed by atoms with Crippen LogP contribution in [0.3, 0.4) is 0 Å². The van der Waals surface area contributed by atoms with Crippen LogP contribution in [0.25, 0.3) is 0 Å². The van der Waals surface area contributed by atoms with E-state index in [1.807, 2.05) is 14.0 Å². The van der Waals surface area contributed by atoms with Gasteiger partial charge in [0, 0.05) is 19.1 Å². The first-order valence-electron chi connectivity index (χ1n) is 3.64. The van der Waals surface area contributed by atoms with Gasteiger partial charge in [-0.3, -0.25) is 4.90 Å². The second-order valence-corrected chi connectivity index (χ2v) is 2.85. The highest BCUT2D eigenvalue weighted by Crippen LogP contribution is 2.03. The van der Waals surface area contributed by atoms with Crippen molar-refractivity contribution in [2.45, 2.75) is 19.0 Å². The van der Waals surface area contributed by atoms with Gasteiger partial charge in [-0.25, -0.2) is 0 Å². The van der Waals surface area contributed by atoms with Crippen LogP contribution in [-0.2, 0) is 4.79 Å². The van der Waals surface area contributed by atoms with Crippen molar-refractivity contribution in [2.75, 3.05) is 20.1 Å². The summed E-state index contributed by atoms with van der Waals surface area (Å²) < 4.78 is 0. The maximum atomic E-state index is 10.5. The highest BCUT2D eigenvalue weighted by molar-refractivity contribution is 5.59. The number of nitrogens with one attached hydrogen (secondary N) is 1. The first-order chi connectivity index (χ1) is 4.75. The van der Waals surface area contributed by atoms with Crippen LogP contribution < -0.4 is 5.32 Å². The first kappa shape index (κ1) is 7.69. The van der Waals surface area contributed by atoms with Gasteiger partial charge < -0.3 is 10.1 Å². The number of hydrogen-bond acceptors (Lipinski definition) is 3. The fourth-order valence-electron chi connectivity index (χ4n) is 1.34. The van der Waals surface area contributed by atoms with Crippen molar-refractivity contribution in [1.29, 1.82) is 0 Å². The third-order valence-corrected chi connectivity index (χ3v) is 2.09. The zero-order valence-electron chi connectivity index (χ0n) is 6.50. The van der Waals surface area contributed by atoms with E-state index in [1.165, 1.54) is 0 Å². The fourth-order valence-corrected chi connectivity index (χ4v) is 1.34. The van der Waals surface area contributed by atoms with Crippen molar-refractivity contribution in [3.63, 3.8) is 0 Å². The summed E-state index contributed by atoms with van der Waals surface area (Å²) in [5.41, 5.74) is 0. The highest BCUT2D eigenvalue weighted by Gasteiger charge is 2.24. The summed E-state index contributed by atoms with van der Waals surface area (Å²) in [6, 6.07) is 0.366. The van der Waals surface area contributed by atoms with Crippen LogP contribution in [0.5, 0.6) is 0 Å². The van der Waals surface area contributed by atoms with E-state index < -0.39 is 0 Å². The lowest BCUT2D eigenvalue weighted by Crippen LogP contribution is -2.55. The van der Waals surface area contributed by atoms with Crippen molar-refractivity contribution < 1.29 is 4.79 Å². The normalized spacial score (nSPS) is 35.8. The lowest BCUT2D eigenvalue weighted by molar-refractivity contribution is -0.113. The van der Waals surface area contributed by atoms with Crippen molar-refractivity contribution in [1.82, 2.24) is 10.2 Å². The molecule has 1 rings (SSSR count). The van der Waals surface area contributed by atoms with Crippen LogP contribution in [-0.4, -0.2) is 43.4 Å². The Morgan fingerprint density at radius 3 is 2.80 bits per heavy atom. The fraction of sp³-hybridized carbons (Fsp3) is 0.857. The average Bonchev–Trinajstić information content (AvgIpc) is 1.88. The molecule has 0 aromatic rings. The maximum Gasteiger partial charge on any atom is 0.138 e. The summed E-state index contributed by atoms with van der Waals surface area (Å²) >= 11 is 0. The molecule has 0 aromatic carbocycles. The molecule has 58 valence electrons. The van der Waals surface area contributed by atoms with Gasteiger partial charge in [-0.05, 0) is 14.0 Å². The Kier molecular flexibility index (Phi) is 2.40. The van der Waals surface area contributed by atoms with E-state index in [4.69, 9.17) is 0 Å². The van der Waals surface area contributed by atoms with E-state index in [0.717, 1.165) is 19.4 Å². The Labute approximate surface area is 61.4 Å². The lowest BCUT2D eigenvalue weighted by atomic mass is 10.1. The molecule has 1 fully saturated rings. The molecule has 0 aliphatic carbocycles. The Morgan fingerprint density at radius 1 is 1.70 bits per heavy atom. The minimum atomic E-state index is 0.0637. The predicted molar refractivity (Wildman–Crippen MR) is 39.9 cm³/mol. The number of nitrogens with zero attached hydrogens (tertiary/aromatic N) is 1. The number of piperazine rings is 1. The SMILES string of the molecule is CC1NCCN(C)C1C=O. The summed E-state index contributed by atoms with van der Waals surface area (Å²) in [6.45, 7) is 3.99. The van der Waals surface area contributed by atoms with Crippen LogP contribution in [0.1, 0.15) is 6.92 Å². The molecule has 3 nitrogen and oxygen atoms in total. The topological polar surface area (TPSA) is 32.3 Å². The van der Waals surface area contributed by atoms with Gasteiger partial charge in [0.25, 0.3) is 0 Å². The maximum absolute atomic E-state index is 10.5. The third-order valence-electron chi connectivity index (χ3n) is 2.09. The molecule has 2 atom stereocenters. The molecule has 0 spiro atoms. The lowest BCUT2D eigenvalue weighted by Gasteiger charge is -2.34. The molecular formula is C7H14N2O. The van der Waals surface area contributed by atoms with Crippen molar-refractivity contribution in [3.05, 3.63) is 0 Å². The largest absolute Gasteiger partial charge is 0.311 e. The second kappa shape index (κ2) is 3.12. The summed E-state index contributed by atoms with van der Waals surface area (Å²) in [4.78, 5) is 12.6. The van der Waals surface area contributed by atoms with Gasteiger partial charge >= 0.3 is 0 Å². The summed E-state index contributed by atoms with van der Waals surface area (Å²) in [6.07, 6.45) is 1.01. The highest BCUT2D eigenvalue weighted by atomic mass is 16.1. The molecule has 0 radical (unpaired) electrons. The van der Waals surface area contributed by atoms with Gasteiger partial charge in [0.05, 0.1) is 6.04 Å². The number of hydrogen-bond donors (Lipinski definition) is 1. The Bertz CT molecular complexity index is 117. The molecule has 3 heteroatoms. The number of rotatable bonds is 1. The predicted octanol–water partition coefficient (Wildman–Crippen LogP) is -0.523. The number of likely N-dealkylation sites (N-methyl/N-ethyl adjacent to an activating group) is 1. The molecular weight excluding hydrogens is 128 g/mol. The molecule has 1 N–H and O–H groups in total. The number of carbonyl (C=O) groups excluding carboxylic acids is 1. The van der Waals surface area contributed by atoms with E-state index in [-0.39, 0.29) is 6.04 Å². The van der Waals surface area contributed by atoms with Gasteiger partial charge in [-0.2, -0.15) is 0 Å². The Balaban J connectivity index is 2.53. The summed E-state index contributed by atoms with van der Waals surface area (Å²) in [7, 11) is 1.98. The van der Waals surface area contributed by atoms with Crippen LogP contribution in [0.4, 0.5) is 0 Å². The zero-order valence-corrected chi connectivity index (χ0v) is 6.50. The molecule has 2 unspecified atom stereocenters. The van der Waals surface area contributed by atoms with Crippen LogP contribution in [0.2, 0.25) is 0 Å². The Morgan fingerprint density at radius 2 is 2.40 bits per heavy atom. The molecule has 0 aromatic heterocycles. The van der Waals surface area contributed by atoms with E-state index in [2.05, 4.69) is 10.2 Å². The molecule has 1 aliphatic heterocycles. The molecule has 1 heterocycles. The number of carbonyl (C=O) groups is 1. The molecule has 1 aliphatic rings. The molecule has 1 saturated heterocycles. The van der Waals surface area contributed by atoms with E-state index >= 15 is 0 Å². The third kappa shape index (κ3) is 1.36. The molecule has 0 saturated carbocycles. The van der Waals surface area contributed by atoms with Gasteiger partial charge in [-0.15, -0.1) is 0 Å². The zero-order chi connectivity index (χ0) is 7.56. The van der Waals surface area contributed by atoms with Crippen molar-refractivity contribution in [3.8, 4) is 0 Å². The van der Waals surface area contributed by atoms with Crippen LogP contribution in [0.15, 0.2) is 0 Å². The first-order valence-corrected chi connectivity index (χ1v) is 3.64. The van der Waals surface area contributed by atoms with Gasteiger partial charge in [0.2, 0.25) is 0 Å². The average molecular weight is 142 g/mol. The van der Waals surface area contributed by atoms with E-state index in [0.29, 0.717) is 6.04 Å². The number of aldehydes is 1. The molecule has 0 amide bonds. The van der Waals surface area contributed by atoms with Crippen molar-refractivity contribution in [2.24, 2.45) is 0 Å².